The third-order valence-electron chi connectivity index (χ3n) is 15.5. The van der Waals surface area contributed by atoms with Crippen LogP contribution in [0.2, 0.25) is 0 Å². The van der Waals surface area contributed by atoms with Crippen LogP contribution in [0.5, 0.6) is 0 Å². The molecule has 0 saturated heterocycles. The van der Waals surface area contributed by atoms with Gasteiger partial charge in [-0.2, -0.15) is 0 Å². The van der Waals surface area contributed by atoms with Crippen molar-refractivity contribution in [3.8, 4) is 0 Å². The molecule has 0 aromatic rings. The van der Waals surface area contributed by atoms with Crippen LogP contribution >= 0.6 is 15.6 Å². The van der Waals surface area contributed by atoms with Gasteiger partial charge in [0.2, 0.25) is 0 Å². The predicted octanol–water partition coefficient (Wildman–Crippen LogP) is 22.4. The van der Waals surface area contributed by atoms with Gasteiger partial charge in [0.1, 0.15) is 19.3 Å². The van der Waals surface area contributed by atoms with E-state index < -0.39 is 97.5 Å². The van der Waals surface area contributed by atoms with E-state index in [1.807, 2.05) is 12.2 Å². The van der Waals surface area contributed by atoms with Gasteiger partial charge in [-0.15, -0.1) is 0 Å². The summed E-state index contributed by atoms with van der Waals surface area (Å²) in [7, 11) is -10.0. The SMILES string of the molecule is CC/C=C\C/C=C\C/C=C\C/C=C\C/C=C\CCCC(=O)OCC(COP(=O)(O)OCC(O)COP(=O)(O)OCC(COC(=O)CCCCCCC/C=C\C/C=C\C/C=C\CC)OC(=O)CCCCCCC/C=C\CCCCCCCC)OC(=O)CCCC/C=C\C/C=C\C/C=C\C/C=C\CC. The van der Waals surface area contributed by atoms with E-state index in [-0.39, 0.29) is 25.7 Å². The quantitative estimate of drug-likeness (QED) is 0.0169. The Kier molecular flexibility index (Phi) is 70.1. The van der Waals surface area contributed by atoms with Crippen LogP contribution in [-0.4, -0.2) is 96.7 Å². The number of phosphoric acid groups is 2. The van der Waals surface area contributed by atoms with Crippen LogP contribution in [0.3, 0.4) is 0 Å². The van der Waals surface area contributed by atoms with Gasteiger partial charge in [-0.1, -0.05) is 256 Å². The summed E-state index contributed by atoms with van der Waals surface area (Å²) < 4.78 is 68.4. The van der Waals surface area contributed by atoms with Crippen LogP contribution in [-0.2, 0) is 65.4 Å². The van der Waals surface area contributed by atoms with Gasteiger partial charge in [0.25, 0.3) is 0 Å². The van der Waals surface area contributed by atoms with Crippen molar-refractivity contribution in [1.82, 2.24) is 0 Å². The molecular weight excluding hydrogens is 1330 g/mol. The number of aliphatic hydroxyl groups excluding tert-OH is 1. The van der Waals surface area contributed by atoms with E-state index in [4.69, 9.17) is 37.0 Å². The van der Waals surface area contributed by atoms with Gasteiger partial charge in [0.15, 0.2) is 12.2 Å². The molecule has 0 spiro atoms. The number of unbranched alkanes of at least 4 members (excludes halogenated alkanes) is 19. The smallest absolute Gasteiger partial charge is 0.462 e. The van der Waals surface area contributed by atoms with Crippen LogP contribution in [0.4, 0.5) is 0 Å². The van der Waals surface area contributed by atoms with Crippen LogP contribution in [0, 0.1) is 0 Å². The largest absolute Gasteiger partial charge is 0.472 e. The first-order chi connectivity index (χ1) is 49.7. The van der Waals surface area contributed by atoms with Gasteiger partial charge >= 0.3 is 39.5 Å². The number of carbonyl (C=O) groups excluding carboxylic acids is 4. The molecule has 0 radical (unpaired) electrons. The summed E-state index contributed by atoms with van der Waals surface area (Å²) in [6, 6.07) is 0. The van der Waals surface area contributed by atoms with Crippen molar-refractivity contribution in [1.29, 1.82) is 0 Å². The fourth-order valence-corrected chi connectivity index (χ4v) is 11.2. The van der Waals surface area contributed by atoms with Gasteiger partial charge in [0.05, 0.1) is 26.4 Å². The number of hydrogen-bond donors (Lipinski definition) is 3. The Morgan fingerprint density at radius 3 is 0.853 bits per heavy atom. The van der Waals surface area contributed by atoms with E-state index in [0.717, 1.165) is 154 Å². The maximum atomic E-state index is 13.1. The van der Waals surface area contributed by atoms with Gasteiger partial charge < -0.3 is 33.8 Å². The lowest BCUT2D eigenvalue weighted by molar-refractivity contribution is -0.161. The predicted molar refractivity (Wildman–Crippen MR) is 417 cm³/mol. The van der Waals surface area contributed by atoms with E-state index in [0.29, 0.717) is 38.5 Å². The number of rotatable bonds is 71. The molecule has 19 heteroatoms. The molecule has 102 heavy (non-hydrogen) atoms. The minimum absolute atomic E-state index is 0.0246. The van der Waals surface area contributed by atoms with Crippen LogP contribution in [0.1, 0.15) is 285 Å². The second-order valence-electron chi connectivity index (χ2n) is 25.1. The average molecular weight is 1470 g/mol. The fraction of sp³-hybridized carbons (Fsp3) is 0.639. The molecule has 0 saturated carbocycles. The summed E-state index contributed by atoms with van der Waals surface area (Å²) in [5.74, 6) is -2.33. The highest BCUT2D eigenvalue weighted by Crippen LogP contribution is 2.45. The molecule has 5 unspecified atom stereocenters. The number of allylic oxidation sites excluding steroid dienone is 26. The van der Waals surface area contributed by atoms with Crippen molar-refractivity contribution in [2.45, 2.75) is 303 Å². The molecule has 0 aliphatic carbocycles. The first-order valence-corrected chi connectivity index (χ1v) is 41.7. The molecule has 3 N–H and O–H groups in total. The molecule has 580 valence electrons. The Hall–Kier alpha value is -5.32. The van der Waals surface area contributed by atoms with E-state index in [1.165, 1.54) is 38.5 Å². The van der Waals surface area contributed by atoms with Crippen molar-refractivity contribution in [3.63, 3.8) is 0 Å². The molecule has 0 heterocycles. The number of aliphatic hydroxyl groups is 1. The normalized spacial score (nSPS) is 14.8. The third-order valence-corrected chi connectivity index (χ3v) is 17.4. The maximum absolute atomic E-state index is 13.1. The van der Waals surface area contributed by atoms with Crippen molar-refractivity contribution in [2.75, 3.05) is 39.6 Å². The van der Waals surface area contributed by atoms with Gasteiger partial charge in [-0.05, 0) is 161 Å². The molecule has 5 atom stereocenters. The number of phosphoric ester groups is 2. The third kappa shape index (κ3) is 73.0. The molecule has 0 aliphatic rings. The second kappa shape index (κ2) is 74.0. The lowest BCUT2D eigenvalue weighted by atomic mass is 10.1. The molecule has 0 fully saturated rings. The molecule has 0 amide bonds. The molecule has 17 nitrogen and oxygen atoms in total. The number of ether oxygens (including phenoxy) is 4. The minimum atomic E-state index is -5.01. The highest BCUT2D eigenvalue weighted by molar-refractivity contribution is 7.47. The van der Waals surface area contributed by atoms with Crippen molar-refractivity contribution in [2.24, 2.45) is 0 Å². The van der Waals surface area contributed by atoms with Crippen LogP contribution in [0.25, 0.3) is 0 Å². The highest BCUT2D eigenvalue weighted by Gasteiger charge is 2.30. The lowest BCUT2D eigenvalue weighted by Crippen LogP contribution is -2.30. The van der Waals surface area contributed by atoms with Gasteiger partial charge in [0, 0.05) is 25.7 Å². The summed E-state index contributed by atoms with van der Waals surface area (Å²) in [4.78, 5) is 72.9. The Morgan fingerprint density at radius 2 is 0.520 bits per heavy atom. The van der Waals surface area contributed by atoms with Crippen molar-refractivity contribution >= 4 is 39.5 Å². The monoisotopic (exact) mass is 1470 g/mol. The number of carbonyl (C=O) groups is 4. The van der Waals surface area contributed by atoms with Crippen molar-refractivity contribution < 1.29 is 80.2 Å². The molecule has 0 rings (SSSR count). The zero-order chi connectivity index (χ0) is 74.6. The molecular formula is C83H136O17P2. The first-order valence-electron chi connectivity index (χ1n) is 38.7. The molecule has 0 aromatic heterocycles. The van der Waals surface area contributed by atoms with Crippen molar-refractivity contribution in [3.05, 3.63) is 158 Å². The Morgan fingerprint density at radius 1 is 0.284 bits per heavy atom. The average Bonchev–Trinajstić information content (AvgIpc) is 0.923. The van der Waals surface area contributed by atoms with Gasteiger partial charge in [-0.3, -0.25) is 37.3 Å². The summed E-state index contributed by atoms with van der Waals surface area (Å²) in [5.41, 5.74) is 0. The second-order valence-corrected chi connectivity index (χ2v) is 28.1. The van der Waals surface area contributed by atoms with Gasteiger partial charge in [-0.25, -0.2) is 9.13 Å². The zero-order valence-electron chi connectivity index (χ0n) is 63.2. The number of hydrogen-bond acceptors (Lipinski definition) is 15. The van der Waals surface area contributed by atoms with E-state index in [2.05, 4.69) is 174 Å². The zero-order valence-corrected chi connectivity index (χ0v) is 65.0. The summed E-state index contributed by atoms with van der Waals surface area (Å²) in [6.07, 6.45) is 85.3. The molecule has 0 aliphatic heterocycles. The lowest BCUT2D eigenvalue weighted by Gasteiger charge is -2.21. The van der Waals surface area contributed by atoms with Crippen LogP contribution < -0.4 is 0 Å². The topological polar surface area (TPSA) is 237 Å². The Labute approximate surface area is 617 Å². The standard InChI is InChI=1S/C83H136O17P2/c1-5-9-13-17-21-25-29-33-37-38-42-44-48-52-56-60-64-68-81(86)94-74-79(100-83(88)70-66-62-58-54-50-46-41-36-32-28-24-20-16-12-8-4)76-98-102(91,92)96-72-77(84)71-95-101(89,90)97-75-78(99-82(87)69-65-61-57-53-49-45-40-35-31-27-23-19-15-11-7-3)73-93-80(85)67-63-59-55-51-47-43-39-34-30-26-22-18-14-10-6-2/h9-10,12-14,16,21-22,24-26,28,33-37,39-42,44,50,52,54,56,77-79,84H,5-8,11,15,17-20,23,27,29-32,38,43,45-49,51,53,55,57-76H2,1-4H3,(H,89,90)(H,91,92)/b13-9-,14-10-,16-12-,25-21-,26-22-,28-24-,37-33-,39-34-,40-35-,41-36-,44-42-,54-50-,56-52-. The fourth-order valence-electron chi connectivity index (χ4n) is 9.67. The maximum Gasteiger partial charge on any atom is 0.472 e. The molecule has 0 aromatic carbocycles. The summed E-state index contributed by atoms with van der Waals surface area (Å²) in [6.45, 7) is 4.37. The molecule has 0 bridgehead atoms. The summed E-state index contributed by atoms with van der Waals surface area (Å²) >= 11 is 0. The minimum Gasteiger partial charge on any atom is -0.462 e. The van der Waals surface area contributed by atoms with Crippen LogP contribution in [0.15, 0.2) is 158 Å². The van der Waals surface area contributed by atoms with E-state index >= 15 is 0 Å². The Bertz CT molecular complexity index is 2550. The number of esters is 4. The van der Waals surface area contributed by atoms with E-state index in [1.54, 1.807) is 0 Å². The highest BCUT2D eigenvalue weighted by atomic mass is 31.2. The summed E-state index contributed by atoms with van der Waals surface area (Å²) in [5, 5.41) is 10.6. The Balaban J connectivity index is 5.48. The van der Waals surface area contributed by atoms with E-state index in [9.17, 15) is 43.2 Å². The first kappa shape index (κ1) is 96.7.